The van der Waals surface area contributed by atoms with Crippen LogP contribution in [0.5, 0.6) is 0 Å². The van der Waals surface area contributed by atoms with Gasteiger partial charge in [-0.25, -0.2) is 13.4 Å². The van der Waals surface area contributed by atoms with Crippen LogP contribution in [0.2, 0.25) is 0 Å². The van der Waals surface area contributed by atoms with Crippen molar-refractivity contribution in [3.8, 4) is 10.4 Å². The molecule has 0 radical (unpaired) electrons. The quantitative estimate of drug-likeness (QED) is 0.650. The number of carbonyl (C=O) groups is 2. The standard InChI is InChI=1S/C21H20N4O4S2/c1-13-20(30-21(22-13)23-14(2)26)15-9-10-17-18(11-15)24(3)19(27)12-25(17)31(28,29)16-7-5-4-6-8-16/h4-11H,12H2,1-3H3,(H,22,23,26). The third-order valence-corrected chi connectivity index (χ3v) is 7.83. The number of likely N-dealkylation sites (N-methyl/N-ethyl adjacent to an activating group) is 1. The van der Waals surface area contributed by atoms with E-state index in [0.717, 1.165) is 20.4 Å². The van der Waals surface area contributed by atoms with Gasteiger partial charge in [-0.3, -0.25) is 13.9 Å². The Bertz CT molecular complexity index is 1290. The molecule has 8 nitrogen and oxygen atoms in total. The summed E-state index contributed by atoms with van der Waals surface area (Å²) in [6, 6.07) is 13.3. The van der Waals surface area contributed by atoms with Crippen LogP contribution in [0, 0.1) is 6.92 Å². The molecule has 4 rings (SSSR count). The van der Waals surface area contributed by atoms with Crippen LogP contribution in [0.3, 0.4) is 0 Å². The zero-order valence-corrected chi connectivity index (χ0v) is 18.8. The summed E-state index contributed by atoms with van der Waals surface area (Å²) in [6.45, 7) is 2.97. The second-order valence-electron chi connectivity index (χ2n) is 7.10. The number of sulfonamides is 1. The first-order valence-corrected chi connectivity index (χ1v) is 11.7. The summed E-state index contributed by atoms with van der Waals surface area (Å²) in [5.74, 6) is -0.540. The molecule has 2 amide bonds. The third kappa shape index (κ3) is 3.79. The number of nitrogens with zero attached hydrogens (tertiary/aromatic N) is 3. The molecule has 2 heterocycles. The van der Waals surface area contributed by atoms with Gasteiger partial charge in [-0.05, 0) is 36.8 Å². The van der Waals surface area contributed by atoms with E-state index in [2.05, 4.69) is 10.3 Å². The zero-order chi connectivity index (χ0) is 22.3. The Morgan fingerprint density at radius 3 is 2.52 bits per heavy atom. The van der Waals surface area contributed by atoms with Crippen molar-refractivity contribution < 1.29 is 18.0 Å². The zero-order valence-electron chi connectivity index (χ0n) is 17.1. The van der Waals surface area contributed by atoms with Crippen LogP contribution in [-0.2, 0) is 19.6 Å². The van der Waals surface area contributed by atoms with Crippen molar-refractivity contribution in [1.29, 1.82) is 0 Å². The van der Waals surface area contributed by atoms with E-state index >= 15 is 0 Å². The average molecular weight is 457 g/mol. The number of amides is 2. The Hall–Kier alpha value is -3.24. The molecule has 3 aromatic rings. The Morgan fingerprint density at radius 2 is 1.84 bits per heavy atom. The Labute approximate surface area is 184 Å². The predicted octanol–water partition coefficient (Wildman–Crippen LogP) is 3.25. The van der Waals surface area contributed by atoms with Crippen LogP contribution < -0.4 is 14.5 Å². The van der Waals surface area contributed by atoms with Crippen molar-refractivity contribution >= 4 is 49.7 Å². The van der Waals surface area contributed by atoms with Gasteiger partial charge in [0.2, 0.25) is 11.8 Å². The minimum Gasteiger partial charge on any atom is -0.312 e. The normalized spacial score (nSPS) is 13.8. The molecule has 1 aromatic heterocycles. The Balaban J connectivity index is 1.80. The molecule has 0 atom stereocenters. The van der Waals surface area contributed by atoms with Crippen molar-refractivity contribution in [1.82, 2.24) is 4.98 Å². The van der Waals surface area contributed by atoms with Gasteiger partial charge in [0.1, 0.15) is 6.54 Å². The maximum absolute atomic E-state index is 13.2. The molecule has 1 aliphatic heterocycles. The first-order chi connectivity index (χ1) is 14.7. The Morgan fingerprint density at radius 1 is 1.13 bits per heavy atom. The lowest BCUT2D eigenvalue weighted by Crippen LogP contribution is -2.46. The van der Waals surface area contributed by atoms with Crippen molar-refractivity contribution in [3.63, 3.8) is 0 Å². The molecule has 0 saturated heterocycles. The highest BCUT2D eigenvalue weighted by molar-refractivity contribution is 7.92. The molecule has 160 valence electrons. The monoisotopic (exact) mass is 456 g/mol. The van der Waals surface area contributed by atoms with E-state index in [1.165, 1.54) is 35.3 Å². The molecule has 0 spiro atoms. The SMILES string of the molecule is CC(=O)Nc1nc(C)c(-c2ccc3c(c2)N(C)C(=O)CN3S(=O)(=O)c2ccccc2)s1. The maximum atomic E-state index is 13.2. The summed E-state index contributed by atoms with van der Waals surface area (Å²) in [6.07, 6.45) is 0. The highest BCUT2D eigenvalue weighted by Crippen LogP contribution is 2.41. The number of carbonyl (C=O) groups excluding carboxylic acids is 2. The third-order valence-electron chi connectivity index (χ3n) is 4.93. The minimum absolute atomic E-state index is 0.126. The summed E-state index contributed by atoms with van der Waals surface area (Å²) >= 11 is 1.32. The minimum atomic E-state index is -3.90. The molecule has 1 N–H and O–H groups in total. The van der Waals surface area contributed by atoms with Gasteiger partial charge in [0, 0.05) is 14.0 Å². The number of rotatable bonds is 4. The van der Waals surface area contributed by atoms with E-state index < -0.39 is 10.0 Å². The van der Waals surface area contributed by atoms with Gasteiger partial charge < -0.3 is 10.2 Å². The summed E-state index contributed by atoms with van der Waals surface area (Å²) in [5, 5.41) is 3.16. The highest BCUT2D eigenvalue weighted by atomic mass is 32.2. The molecule has 0 saturated carbocycles. The number of aromatic nitrogens is 1. The van der Waals surface area contributed by atoms with Gasteiger partial charge in [0.25, 0.3) is 10.0 Å². The molecule has 0 bridgehead atoms. The topological polar surface area (TPSA) is 99.7 Å². The fourth-order valence-corrected chi connectivity index (χ4v) is 5.85. The van der Waals surface area contributed by atoms with Gasteiger partial charge in [0.15, 0.2) is 5.13 Å². The van der Waals surface area contributed by atoms with E-state index in [-0.39, 0.29) is 23.3 Å². The van der Waals surface area contributed by atoms with Crippen molar-refractivity contribution in [2.24, 2.45) is 0 Å². The summed E-state index contributed by atoms with van der Waals surface area (Å²) in [4.78, 5) is 30.8. The Kier molecular flexibility index (Phi) is 5.28. The smallest absolute Gasteiger partial charge is 0.264 e. The summed E-state index contributed by atoms with van der Waals surface area (Å²) < 4.78 is 27.6. The van der Waals surface area contributed by atoms with Gasteiger partial charge >= 0.3 is 0 Å². The number of hydrogen-bond acceptors (Lipinski definition) is 6. The number of anilines is 3. The van der Waals surface area contributed by atoms with Crippen molar-refractivity contribution in [3.05, 3.63) is 54.2 Å². The van der Waals surface area contributed by atoms with E-state index in [1.807, 2.05) is 6.92 Å². The molecule has 31 heavy (non-hydrogen) atoms. The molecular formula is C21H20N4O4S2. The van der Waals surface area contributed by atoms with Crippen LogP contribution in [0.1, 0.15) is 12.6 Å². The first kappa shape index (κ1) is 21.0. The van der Waals surface area contributed by atoms with E-state index in [1.54, 1.807) is 43.4 Å². The van der Waals surface area contributed by atoms with Gasteiger partial charge in [-0.15, -0.1) is 0 Å². The molecule has 1 aliphatic rings. The van der Waals surface area contributed by atoms with Crippen molar-refractivity contribution in [2.45, 2.75) is 18.7 Å². The molecule has 10 heteroatoms. The number of aryl methyl sites for hydroxylation is 1. The lowest BCUT2D eigenvalue weighted by atomic mass is 10.1. The van der Waals surface area contributed by atoms with Crippen LogP contribution in [0.4, 0.5) is 16.5 Å². The van der Waals surface area contributed by atoms with Crippen LogP contribution >= 0.6 is 11.3 Å². The van der Waals surface area contributed by atoms with E-state index in [9.17, 15) is 18.0 Å². The maximum Gasteiger partial charge on any atom is 0.264 e. The second kappa shape index (κ2) is 7.78. The number of fused-ring (bicyclic) bond motifs is 1. The highest BCUT2D eigenvalue weighted by Gasteiger charge is 2.35. The van der Waals surface area contributed by atoms with E-state index in [4.69, 9.17) is 0 Å². The largest absolute Gasteiger partial charge is 0.312 e. The fraction of sp³-hybridized carbons (Fsp3) is 0.190. The number of benzene rings is 2. The average Bonchev–Trinajstić information content (AvgIpc) is 3.10. The summed E-state index contributed by atoms with van der Waals surface area (Å²) in [5.41, 5.74) is 2.43. The van der Waals surface area contributed by atoms with Crippen LogP contribution in [0.15, 0.2) is 53.4 Å². The van der Waals surface area contributed by atoms with Crippen LogP contribution in [0.25, 0.3) is 10.4 Å². The summed E-state index contributed by atoms with van der Waals surface area (Å²) in [7, 11) is -2.27. The first-order valence-electron chi connectivity index (χ1n) is 9.42. The second-order valence-corrected chi connectivity index (χ2v) is 9.96. The molecule has 2 aromatic carbocycles. The van der Waals surface area contributed by atoms with Gasteiger partial charge in [-0.1, -0.05) is 35.6 Å². The fourth-order valence-electron chi connectivity index (χ4n) is 3.40. The lowest BCUT2D eigenvalue weighted by Gasteiger charge is -2.35. The molecule has 0 unspecified atom stereocenters. The van der Waals surface area contributed by atoms with Crippen LogP contribution in [-0.4, -0.2) is 38.8 Å². The predicted molar refractivity (Wildman–Crippen MR) is 121 cm³/mol. The van der Waals surface area contributed by atoms with Crippen molar-refractivity contribution in [2.75, 3.05) is 28.1 Å². The number of hydrogen-bond donors (Lipinski definition) is 1. The molecular weight excluding hydrogens is 436 g/mol. The van der Waals surface area contributed by atoms with Gasteiger partial charge in [-0.2, -0.15) is 0 Å². The number of nitrogens with one attached hydrogen (secondary N) is 1. The number of thiazole rings is 1. The lowest BCUT2D eigenvalue weighted by molar-refractivity contribution is -0.117. The van der Waals surface area contributed by atoms with Gasteiger partial charge in [0.05, 0.1) is 26.8 Å². The van der Waals surface area contributed by atoms with E-state index in [0.29, 0.717) is 16.5 Å². The molecule has 0 aliphatic carbocycles. The molecule has 0 fully saturated rings.